The first-order chi connectivity index (χ1) is 9.83. The molecule has 0 saturated heterocycles. The molecule has 1 aromatic rings. The Balaban J connectivity index is 2.38. The molecular formula is C13H16Br2F3NO2. The minimum Gasteiger partial charge on any atom is -0.491 e. The van der Waals surface area contributed by atoms with Crippen molar-refractivity contribution >= 4 is 31.9 Å². The summed E-state index contributed by atoms with van der Waals surface area (Å²) in [6, 6.07) is 3.82. The number of benzene rings is 1. The average molecular weight is 435 g/mol. The molecule has 1 rings (SSSR count). The van der Waals surface area contributed by atoms with Gasteiger partial charge in [-0.25, -0.2) is 0 Å². The zero-order valence-corrected chi connectivity index (χ0v) is 14.4. The van der Waals surface area contributed by atoms with Crippen molar-refractivity contribution in [1.29, 1.82) is 0 Å². The summed E-state index contributed by atoms with van der Waals surface area (Å²) >= 11 is 6.80. The van der Waals surface area contributed by atoms with Crippen molar-refractivity contribution in [2.45, 2.75) is 19.0 Å². The molecule has 0 fully saturated rings. The zero-order chi connectivity index (χ0) is 15.9. The zero-order valence-electron chi connectivity index (χ0n) is 11.2. The lowest BCUT2D eigenvalue weighted by molar-refractivity contribution is -0.174. The lowest BCUT2D eigenvalue weighted by Crippen LogP contribution is -2.18. The Morgan fingerprint density at radius 3 is 2.24 bits per heavy atom. The van der Waals surface area contributed by atoms with Gasteiger partial charge in [-0.15, -0.1) is 0 Å². The monoisotopic (exact) mass is 433 g/mol. The van der Waals surface area contributed by atoms with E-state index in [0.717, 1.165) is 20.9 Å². The minimum absolute atomic E-state index is 0.00000518. The Kier molecular flexibility index (Phi) is 8.00. The van der Waals surface area contributed by atoms with E-state index < -0.39 is 12.8 Å². The van der Waals surface area contributed by atoms with Crippen molar-refractivity contribution in [2.24, 2.45) is 5.73 Å². The van der Waals surface area contributed by atoms with Crippen LogP contribution in [-0.2, 0) is 11.2 Å². The summed E-state index contributed by atoms with van der Waals surface area (Å²) in [7, 11) is 0. The van der Waals surface area contributed by atoms with Crippen LogP contribution < -0.4 is 10.5 Å². The van der Waals surface area contributed by atoms with Gasteiger partial charge in [-0.3, -0.25) is 0 Å². The first-order valence-electron chi connectivity index (χ1n) is 6.29. The van der Waals surface area contributed by atoms with E-state index in [2.05, 4.69) is 36.6 Å². The van der Waals surface area contributed by atoms with Gasteiger partial charge in [-0.1, -0.05) is 0 Å². The third kappa shape index (κ3) is 7.49. The van der Waals surface area contributed by atoms with Gasteiger partial charge in [0.1, 0.15) is 12.4 Å². The summed E-state index contributed by atoms with van der Waals surface area (Å²) in [4.78, 5) is 0. The molecule has 0 aliphatic heterocycles. The maximum Gasteiger partial charge on any atom is 0.411 e. The third-order valence-electron chi connectivity index (χ3n) is 2.44. The van der Waals surface area contributed by atoms with Crippen molar-refractivity contribution in [3.8, 4) is 5.75 Å². The van der Waals surface area contributed by atoms with Gasteiger partial charge in [-0.2, -0.15) is 13.2 Å². The molecule has 0 heterocycles. The summed E-state index contributed by atoms with van der Waals surface area (Å²) in [5, 5.41) is 0. The Hall–Kier alpha value is -0.310. The van der Waals surface area contributed by atoms with Crippen LogP contribution in [0, 0.1) is 0 Å². The Labute approximate surface area is 138 Å². The number of hydrogen-bond donors (Lipinski definition) is 1. The fraction of sp³-hybridized carbons (Fsp3) is 0.538. The van der Waals surface area contributed by atoms with Crippen LogP contribution in [0.3, 0.4) is 0 Å². The van der Waals surface area contributed by atoms with E-state index in [1.807, 2.05) is 12.1 Å². The van der Waals surface area contributed by atoms with Gasteiger partial charge in [-0.05, 0) is 62.5 Å². The molecule has 0 saturated carbocycles. The third-order valence-corrected chi connectivity index (χ3v) is 3.61. The lowest BCUT2D eigenvalue weighted by Gasteiger charge is -2.12. The van der Waals surface area contributed by atoms with Gasteiger partial charge in [0.2, 0.25) is 0 Å². The summed E-state index contributed by atoms with van der Waals surface area (Å²) in [6.07, 6.45) is -3.16. The molecule has 0 aliphatic carbocycles. The number of halogens is 5. The van der Waals surface area contributed by atoms with Crippen LogP contribution >= 0.6 is 31.9 Å². The van der Waals surface area contributed by atoms with Crippen LogP contribution in [0.2, 0.25) is 0 Å². The van der Waals surface area contributed by atoms with E-state index in [9.17, 15) is 13.2 Å². The molecule has 0 spiro atoms. The molecule has 0 radical (unpaired) electrons. The molecule has 0 amide bonds. The van der Waals surface area contributed by atoms with E-state index in [4.69, 9.17) is 10.5 Å². The molecule has 3 nitrogen and oxygen atoms in total. The fourth-order valence-corrected chi connectivity index (χ4v) is 3.09. The molecule has 0 aromatic heterocycles. The van der Waals surface area contributed by atoms with Crippen LogP contribution in [-0.4, -0.2) is 32.5 Å². The SMILES string of the molecule is NCCc1cc(Br)c(OCCCOCC(F)(F)F)c(Br)c1. The predicted octanol–water partition coefficient (Wildman–Crippen LogP) is 4.06. The van der Waals surface area contributed by atoms with E-state index in [1.165, 1.54) is 0 Å². The Morgan fingerprint density at radius 1 is 1.10 bits per heavy atom. The van der Waals surface area contributed by atoms with Crippen LogP contribution in [0.1, 0.15) is 12.0 Å². The second kappa shape index (κ2) is 8.97. The van der Waals surface area contributed by atoms with Gasteiger partial charge in [0.15, 0.2) is 0 Å². The maximum absolute atomic E-state index is 11.9. The first-order valence-corrected chi connectivity index (χ1v) is 7.87. The molecule has 21 heavy (non-hydrogen) atoms. The van der Waals surface area contributed by atoms with Gasteiger partial charge >= 0.3 is 6.18 Å². The van der Waals surface area contributed by atoms with Gasteiger partial charge in [0.25, 0.3) is 0 Å². The highest BCUT2D eigenvalue weighted by Crippen LogP contribution is 2.35. The van der Waals surface area contributed by atoms with Gasteiger partial charge in [0, 0.05) is 6.42 Å². The number of alkyl halides is 3. The number of hydrogen-bond acceptors (Lipinski definition) is 3. The number of ether oxygens (including phenoxy) is 2. The quantitative estimate of drug-likeness (QED) is 0.627. The summed E-state index contributed by atoms with van der Waals surface area (Å²) in [5.41, 5.74) is 6.57. The van der Waals surface area contributed by atoms with Crippen molar-refractivity contribution in [1.82, 2.24) is 0 Å². The molecule has 120 valence electrons. The molecule has 0 aliphatic rings. The van der Waals surface area contributed by atoms with E-state index in [-0.39, 0.29) is 13.2 Å². The molecule has 0 atom stereocenters. The minimum atomic E-state index is -4.29. The van der Waals surface area contributed by atoms with Crippen LogP contribution in [0.4, 0.5) is 13.2 Å². The maximum atomic E-state index is 11.9. The molecule has 1 aromatic carbocycles. The Bertz CT molecular complexity index is 433. The van der Waals surface area contributed by atoms with Crippen LogP contribution in [0.15, 0.2) is 21.1 Å². The second-order valence-electron chi connectivity index (χ2n) is 4.30. The summed E-state index contributed by atoms with van der Waals surface area (Å²) in [5.74, 6) is 0.617. The summed E-state index contributed by atoms with van der Waals surface area (Å²) in [6.45, 7) is -0.408. The van der Waals surface area contributed by atoms with Crippen LogP contribution in [0.25, 0.3) is 0 Å². The smallest absolute Gasteiger partial charge is 0.411 e. The summed E-state index contributed by atoms with van der Waals surface area (Å²) < 4.78 is 47.2. The van der Waals surface area contributed by atoms with E-state index >= 15 is 0 Å². The number of rotatable bonds is 8. The highest BCUT2D eigenvalue weighted by Gasteiger charge is 2.27. The van der Waals surface area contributed by atoms with Gasteiger partial charge in [0.05, 0.1) is 22.2 Å². The second-order valence-corrected chi connectivity index (χ2v) is 6.01. The topological polar surface area (TPSA) is 44.5 Å². The molecule has 0 unspecified atom stereocenters. The van der Waals surface area contributed by atoms with Crippen molar-refractivity contribution in [3.63, 3.8) is 0 Å². The fourth-order valence-electron chi connectivity index (χ4n) is 1.58. The van der Waals surface area contributed by atoms with E-state index in [0.29, 0.717) is 18.7 Å². The molecule has 0 bridgehead atoms. The highest BCUT2D eigenvalue weighted by atomic mass is 79.9. The normalized spacial score (nSPS) is 11.7. The molecule has 8 heteroatoms. The van der Waals surface area contributed by atoms with Crippen molar-refractivity contribution < 1.29 is 22.6 Å². The van der Waals surface area contributed by atoms with Crippen LogP contribution in [0.5, 0.6) is 5.75 Å². The first kappa shape index (κ1) is 18.7. The molecular weight excluding hydrogens is 419 g/mol. The van der Waals surface area contributed by atoms with Gasteiger partial charge < -0.3 is 15.2 Å². The predicted molar refractivity (Wildman–Crippen MR) is 81.6 cm³/mol. The average Bonchev–Trinajstić information content (AvgIpc) is 2.35. The van der Waals surface area contributed by atoms with Crippen molar-refractivity contribution in [2.75, 3.05) is 26.4 Å². The largest absolute Gasteiger partial charge is 0.491 e. The lowest BCUT2D eigenvalue weighted by atomic mass is 10.1. The Morgan fingerprint density at radius 2 is 1.71 bits per heavy atom. The van der Waals surface area contributed by atoms with E-state index in [1.54, 1.807) is 0 Å². The standard InChI is InChI=1S/C13H16Br2F3NO2/c14-10-6-9(2-3-19)7-11(15)12(10)21-5-1-4-20-8-13(16,17)18/h6-7H,1-5,8,19H2. The number of nitrogens with two attached hydrogens (primary N) is 1. The molecule has 2 N–H and O–H groups in total. The highest BCUT2D eigenvalue weighted by molar-refractivity contribution is 9.11. The van der Waals surface area contributed by atoms with Crippen molar-refractivity contribution in [3.05, 3.63) is 26.6 Å².